The molecule has 1 aliphatic rings. The fraction of sp³-hybridized carbons (Fsp3) is 0.650. The van der Waals surface area contributed by atoms with Crippen molar-refractivity contribution < 1.29 is 0 Å². The van der Waals surface area contributed by atoms with E-state index in [0.717, 1.165) is 38.7 Å². The van der Waals surface area contributed by atoms with Crippen LogP contribution in [0.15, 0.2) is 35.3 Å². The maximum atomic E-state index is 4.39. The van der Waals surface area contributed by atoms with Crippen molar-refractivity contribution in [3.8, 4) is 0 Å². The van der Waals surface area contributed by atoms with E-state index in [-0.39, 0.29) is 0 Å². The first-order chi connectivity index (χ1) is 12.3. The smallest absolute Gasteiger partial charge is 0.191 e. The average Bonchev–Trinajstić information content (AvgIpc) is 3.19. The molecule has 1 aromatic carbocycles. The molecule has 0 aliphatic carbocycles. The van der Waals surface area contributed by atoms with Crippen molar-refractivity contribution in [3.05, 3.63) is 35.9 Å². The molecule has 5 heteroatoms. The quantitative estimate of drug-likeness (QED) is 0.532. The van der Waals surface area contributed by atoms with Gasteiger partial charge in [-0.2, -0.15) is 0 Å². The van der Waals surface area contributed by atoms with E-state index in [0.29, 0.717) is 6.04 Å². The molecule has 1 unspecified atom stereocenters. The van der Waals surface area contributed by atoms with Crippen molar-refractivity contribution >= 4 is 5.96 Å². The Balaban J connectivity index is 1.87. The molecule has 140 valence electrons. The Labute approximate surface area is 153 Å². The molecule has 0 amide bonds. The first kappa shape index (κ1) is 19.7. The Bertz CT molecular complexity index is 492. The molecule has 5 nitrogen and oxygen atoms in total. The molecule has 1 saturated heterocycles. The Kier molecular flexibility index (Phi) is 8.77. The van der Waals surface area contributed by atoms with Gasteiger partial charge in [0.1, 0.15) is 0 Å². The van der Waals surface area contributed by atoms with E-state index in [9.17, 15) is 0 Å². The summed E-state index contributed by atoms with van der Waals surface area (Å²) in [5, 5.41) is 6.98. The van der Waals surface area contributed by atoms with Gasteiger partial charge >= 0.3 is 0 Å². The summed E-state index contributed by atoms with van der Waals surface area (Å²) >= 11 is 0. The molecule has 0 spiro atoms. The number of rotatable bonds is 9. The van der Waals surface area contributed by atoms with E-state index in [1.807, 2.05) is 7.05 Å². The monoisotopic (exact) mass is 345 g/mol. The fourth-order valence-corrected chi connectivity index (χ4v) is 3.47. The lowest BCUT2D eigenvalue weighted by Crippen LogP contribution is -2.44. The van der Waals surface area contributed by atoms with Crippen LogP contribution in [0.25, 0.3) is 0 Å². The number of likely N-dealkylation sites (N-methyl/N-ethyl adjacent to an activating group) is 1. The van der Waals surface area contributed by atoms with Gasteiger partial charge in [0.2, 0.25) is 0 Å². The number of aliphatic imine (C=N–C) groups is 1. The lowest BCUT2D eigenvalue weighted by atomic mass is 10.1. The zero-order valence-corrected chi connectivity index (χ0v) is 16.2. The number of nitrogens with one attached hydrogen (secondary N) is 2. The van der Waals surface area contributed by atoms with Crippen molar-refractivity contribution in [2.45, 2.75) is 32.7 Å². The summed E-state index contributed by atoms with van der Waals surface area (Å²) in [6, 6.07) is 11.2. The first-order valence-corrected chi connectivity index (χ1v) is 9.74. The van der Waals surface area contributed by atoms with Crippen molar-refractivity contribution in [1.29, 1.82) is 0 Å². The molecule has 0 saturated carbocycles. The van der Waals surface area contributed by atoms with Crippen LogP contribution in [0, 0.1) is 0 Å². The fourth-order valence-electron chi connectivity index (χ4n) is 3.47. The zero-order chi connectivity index (χ0) is 17.9. The molecule has 2 N–H and O–H groups in total. The molecular weight excluding hydrogens is 310 g/mol. The van der Waals surface area contributed by atoms with Crippen molar-refractivity contribution in [2.24, 2.45) is 4.99 Å². The molecule has 2 rings (SSSR count). The summed E-state index contributed by atoms with van der Waals surface area (Å²) in [6.07, 6.45) is 2.61. The van der Waals surface area contributed by atoms with E-state index >= 15 is 0 Å². The Morgan fingerprint density at radius 2 is 1.80 bits per heavy atom. The molecule has 0 radical (unpaired) electrons. The summed E-state index contributed by atoms with van der Waals surface area (Å²) in [7, 11) is 1.85. The predicted octanol–water partition coefficient (Wildman–Crippen LogP) is 2.33. The van der Waals surface area contributed by atoms with Gasteiger partial charge in [0.05, 0.1) is 6.04 Å². The first-order valence-electron chi connectivity index (χ1n) is 9.74. The maximum Gasteiger partial charge on any atom is 0.191 e. The Morgan fingerprint density at radius 3 is 2.40 bits per heavy atom. The number of guanidine groups is 1. The van der Waals surface area contributed by atoms with Crippen LogP contribution < -0.4 is 10.6 Å². The van der Waals surface area contributed by atoms with E-state index in [1.165, 1.54) is 31.5 Å². The minimum absolute atomic E-state index is 0.407. The molecule has 1 heterocycles. The number of hydrogen-bond donors (Lipinski definition) is 2. The second kappa shape index (κ2) is 11.1. The molecule has 0 aromatic heterocycles. The second-order valence-electron chi connectivity index (χ2n) is 6.58. The summed E-state index contributed by atoms with van der Waals surface area (Å²) in [5.74, 6) is 0.896. The number of benzene rings is 1. The van der Waals surface area contributed by atoms with Crippen LogP contribution >= 0.6 is 0 Å². The van der Waals surface area contributed by atoms with Crippen molar-refractivity contribution in [2.75, 3.05) is 52.9 Å². The van der Waals surface area contributed by atoms with Crippen LogP contribution in [0.2, 0.25) is 0 Å². The largest absolute Gasteiger partial charge is 0.355 e. The van der Waals surface area contributed by atoms with E-state index in [4.69, 9.17) is 0 Å². The highest BCUT2D eigenvalue weighted by Crippen LogP contribution is 2.24. The van der Waals surface area contributed by atoms with Gasteiger partial charge < -0.3 is 15.5 Å². The van der Waals surface area contributed by atoms with Crippen LogP contribution in [0.5, 0.6) is 0 Å². The van der Waals surface area contributed by atoms with Gasteiger partial charge in [-0.1, -0.05) is 44.2 Å². The molecular formula is C20H35N5. The van der Waals surface area contributed by atoms with Gasteiger partial charge in [0, 0.05) is 26.7 Å². The average molecular weight is 346 g/mol. The zero-order valence-electron chi connectivity index (χ0n) is 16.2. The van der Waals surface area contributed by atoms with Crippen molar-refractivity contribution in [3.63, 3.8) is 0 Å². The third-order valence-electron chi connectivity index (χ3n) is 5.07. The maximum absolute atomic E-state index is 4.39. The van der Waals surface area contributed by atoms with E-state index in [1.54, 1.807) is 0 Å². The number of hydrogen-bond acceptors (Lipinski definition) is 3. The van der Waals surface area contributed by atoms with E-state index < -0.39 is 0 Å². The topological polar surface area (TPSA) is 42.9 Å². The molecule has 25 heavy (non-hydrogen) atoms. The summed E-state index contributed by atoms with van der Waals surface area (Å²) in [5.41, 5.74) is 1.38. The van der Waals surface area contributed by atoms with Gasteiger partial charge in [0.25, 0.3) is 0 Å². The second-order valence-corrected chi connectivity index (χ2v) is 6.58. The highest BCUT2D eigenvalue weighted by atomic mass is 15.2. The minimum atomic E-state index is 0.407. The molecule has 0 bridgehead atoms. The standard InChI is InChI=1S/C20H35N5/c1-4-24(5-2)16-13-22-20(21-3)23-17-19(25-14-9-10-15-25)18-11-7-6-8-12-18/h6-8,11-12,19H,4-5,9-10,13-17H2,1-3H3,(H2,21,22,23). The highest BCUT2D eigenvalue weighted by molar-refractivity contribution is 5.79. The predicted molar refractivity (Wildman–Crippen MR) is 107 cm³/mol. The molecule has 1 aliphatic heterocycles. The van der Waals surface area contributed by atoms with Crippen LogP contribution in [0.1, 0.15) is 38.3 Å². The van der Waals surface area contributed by atoms with Gasteiger partial charge in [0.15, 0.2) is 5.96 Å². The third kappa shape index (κ3) is 6.33. The Hall–Kier alpha value is -1.59. The van der Waals surface area contributed by atoms with Crippen LogP contribution in [0.3, 0.4) is 0 Å². The van der Waals surface area contributed by atoms with E-state index in [2.05, 4.69) is 69.6 Å². The van der Waals surface area contributed by atoms with Gasteiger partial charge in [-0.25, -0.2) is 0 Å². The minimum Gasteiger partial charge on any atom is -0.355 e. The van der Waals surface area contributed by atoms with Crippen LogP contribution in [-0.2, 0) is 0 Å². The lowest BCUT2D eigenvalue weighted by molar-refractivity contribution is 0.245. The van der Waals surface area contributed by atoms with Crippen molar-refractivity contribution in [1.82, 2.24) is 20.4 Å². The van der Waals surface area contributed by atoms with Gasteiger partial charge in [-0.05, 0) is 44.6 Å². The summed E-state index contributed by atoms with van der Waals surface area (Å²) in [4.78, 5) is 9.39. The number of nitrogens with zero attached hydrogens (tertiary/aromatic N) is 3. The summed E-state index contributed by atoms with van der Waals surface area (Å²) in [6.45, 7) is 11.8. The summed E-state index contributed by atoms with van der Waals surface area (Å²) < 4.78 is 0. The van der Waals surface area contributed by atoms with Crippen LogP contribution in [0.4, 0.5) is 0 Å². The van der Waals surface area contributed by atoms with Gasteiger partial charge in [-0.15, -0.1) is 0 Å². The number of likely N-dealkylation sites (tertiary alicyclic amines) is 1. The Morgan fingerprint density at radius 1 is 1.12 bits per heavy atom. The highest BCUT2D eigenvalue weighted by Gasteiger charge is 2.23. The van der Waals surface area contributed by atoms with Gasteiger partial charge in [-0.3, -0.25) is 9.89 Å². The molecule has 1 aromatic rings. The lowest BCUT2D eigenvalue weighted by Gasteiger charge is -2.29. The molecule has 1 atom stereocenters. The molecule has 1 fully saturated rings. The third-order valence-corrected chi connectivity index (χ3v) is 5.07. The SMILES string of the molecule is CCN(CC)CCNC(=NC)NCC(c1ccccc1)N1CCCC1. The van der Waals surface area contributed by atoms with Crippen LogP contribution in [-0.4, -0.2) is 68.6 Å². The normalized spacial score (nSPS) is 17.0.